The van der Waals surface area contributed by atoms with E-state index in [1.807, 2.05) is 25.1 Å². The average Bonchev–Trinajstić information content (AvgIpc) is 2.87. The Bertz CT molecular complexity index is 1020. The Balaban J connectivity index is 1.63. The van der Waals surface area contributed by atoms with Gasteiger partial charge in [0.05, 0.1) is 22.2 Å². The average molecular weight is 332 g/mol. The lowest BCUT2D eigenvalue weighted by atomic mass is 10.1. The summed E-state index contributed by atoms with van der Waals surface area (Å²) >= 11 is 0. The third-order valence-electron chi connectivity index (χ3n) is 4.08. The second-order valence-electron chi connectivity index (χ2n) is 5.70. The molecule has 3 aromatic rings. The van der Waals surface area contributed by atoms with Crippen LogP contribution in [0.25, 0.3) is 10.9 Å². The van der Waals surface area contributed by atoms with Gasteiger partial charge >= 0.3 is 5.97 Å². The molecule has 122 valence electrons. The Morgan fingerprint density at radius 2 is 1.68 bits per heavy atom. The van der Waals surface area contributed by atoms with Crippen molar-refractivity contribution in [3.05, 3.63) is 77.0 Å². The molecule has 0 aliphatic carbocycles. The number of imide groups is 1. The predicted molar refractivity (Wildman–Crippen MR) is 88.8 cm³/mol. The fourth-order valence-corrected chi connectivity index (χ4v) is 2.81. The van der Waals surface area contributed by atoms with E-state index in [4.69, 9.17) is 4.84 Å². The van der Waals surface area contributed by atoms with Crippen LogP contribution in [-0.2, 0) is 4.84 Å². The van der Waals surface area contributed by atoms with Crippen molar-refractivity contribution in [3.63, 3.8) is 0 Å². The van der Waals surface area contributed by atoms with Gasteiger partial charge in [-0.25, -0.2) is 4.79 Å². The van der Waals surface area contributed by atoms with Crippen molar-refractivity contribution < 1.29 is 19.2 Å². The minimum atomic E-state index is -0.814. The predicted octanol–water partition coefficient (Wildman–Crippen LogP) is 2.91. The van der Waals surface area contributed by atoms with Gasteiger partial charge in [-0.3, -0.25) is 14.6 Å². The second kappa shape index (κ2) is 5.52. The van der Waals surface area contributed by atoms with Gasteiger partial charge in [0, 0.05) is 11.6 Å². The number of hydrogen-bond acceptors (Lipinski definition) is 5. The molecule has 1 aliphatic rings. The summed E-state index contributed by atoms with van der Waals surface area (Å²) < 4.78 is 0. The van der Waals surface area contributed by atoms with Gasteiger partial charge in [-0.05, 0) is 30.7 Å². The Morgan fingerprint density at radius 1 is 1.00 bits per heavy atom. The number of carbonyl (C=O) groups excluding carboxylic acids is 3. The summed E-state index contributed by atoms with van der Waals surface area (Å²) in [7, 11) is 0. The SMILES string of the molecule is Cc1cccc2cc(C(=O)ON3C(=O)c4ccccc4C3=O)cnc12. The zero-order chi connectivity index (χ0) is 17.6. The highest BCUT2D eigenvalue weighted by Gasteiger charge is 2.38. The zero-order valence-electron chi connectivity index (χ0n) is 13.2. The van der Waals surface area contributed by atoms with E-state index < -0.39 is 17.8 Å². The van der Waals surface area contributed by atoms with Crippen LogP contribution in [0, 0.1) is 6.92 Å². The molecule has 1 aliphatic heterocycles. The molecule has 25 heavy (non-hydrogen) atoms. The summed E-state index contributed by atoms with van der Waals surface area (Å²) in [6, 6.07) is 13.6. The maximum absolute atomic E-state index is 12.4. The van der Waals surface area contributed by atoms with Crippen LogP contribution < -0.4 is 0 Å². The number of aromatic nitrogens is 1. The van der Waals surface area contributed by atoms with Crippen LogP contribution in [0.3, 0.4) is 0 Å². The number of para-hydroxylation sites is 1. The monoisotopic (exact) mass is 332 g/mol. The van der Waals surface area contributed by atoms with Gasteiger partial charge in [-0.1, -0.05) is 35.4 Å². The number of pyridine rings is 1. The third kappa shape index (κ3) is 2.35. The highest BCUT2D eigenvalue weighted by molar-refractivity contribution is 6.21. The molecule has 2 amide bonds. The highest BCUT2D eigenvalue weighted by atomic mass is 16.7. The fraction of sp³-hybridized carbons (Fsp3) is 0.0526. The molecule has 1 aromatic heterocycles. The lowest BCUT2D eigenvalue weighted by Crippen LogP contribution is -2.32. The molecule has 6 heteroatoms. The van der Waals surface area contributed by atoms with E-state index in [0.717, 1.165) is 16.5 Å². The Kier molecular flexibility index (Phi) is 3.32. The topological polar surface area (TPSA) is 76.6 Å². The molecule has 2 aromatic carbocycles. The van der Waals surface area contributed by atoms with Crippen molar-refractivity contribution in [2.75, 3.05) is 0 Å². The summed E-state index contributed by atoms with van der Waals surface area (Å²) in [5.74, 6) is -2.12. The summed E-state index contributed by atoms with van der Waals surface area (Å²) in [6.07, 6.45) is 1.37. The number of nitrogens with zero attached hydrogens (tertiary/aromatic N) is 2. The molecule has 0 radical (unpaired) electrons. The van der Waals surface area contributed by atoms with Gasteiger partial charge in [0.2, 0.25) is 0 Å². The van der Waals surface area contributed by atoms with E-state index in [1.165, 1.54) is 18.3 Å². The van der Waals surface area contributed by atoms with Crippen molar-refractivity contribution in [1.82, 2.24) is 10.0 Å². The smallest absolute Gasteiger partial charge is 0.324 e. The van der Waals surface area contributed by atoms with Crippen LogP contribution in [0.5, 0.6) is 0 Å². The largest absolute Gasteiger partial charge is 0.365 e. The number of carbonyl (C=O) groups is 3. The van der Waals surface area contributed by atoms with E-state index in [0.29, 0.717) is 5.06 Å². The van der Waals surface area contributed by atoms with Crippen LogP contribution in [0.15, 0.2) is 54.7 Å². The number of benzene rings is 2. The number of aryl methyl sites for hydroxylation is 1. The lowest BCUT2D eigenvalue weighted by Gasteiger charge is -2.12. The van der Waals surface area contributed by atoms with Gasteiger partial charge in [-0.2, -0.15) is 0 Å². The van der Waals surface area contributed by atoms with E-state index in [1.54, 1.807) is 18.2 Å². The summed E-state index contributed by atoms with van der Waals surface area (Å²) in [4.78, 5) is 46.2. The lowest BCUT2D eigenvalue weighted by molar-refractivity contribution is -0.0584. The molecule has 0 saturated carbocycles. The van der Waals surface area contributed by atoms with Crippen LogP contribution in [-0.4, -0.2) is 27.8 Å². The first kappa shape index (κ1) is 15.0. The molecular weight excluding hydrogens is 320 g/mol. The number of hydrogen-bond donors (Lipinski definition) is 0. The first-order valence-electron chi connectivity index (χ1n) is 7.62. The number of fused-ring (bicyclic) bond motifs is 2. The molecule has 0 fully saturated rings. The normalized spacial score (nSPS) is 13.2. The third-order valence-corrected chi connectivity index (χ3v) is 4.08. The summed E-state index contributed by atoms with van der Waals surface area (Å²) in [5, 5.41) is 1.27. The minimum Gasteiger partial charge on any atom is -0.324 e. The summed E-state index contributed by atoms with van der Waals surface area (Å²) in [6.45, 7) is 1.92. The molecule has 6 nitrogen and oxygen atoms in total. The maximum atomic E-state index is 12.4. The summed E-state index contributed by atoms with van der Waals surface area (Å²) in [5.41, 5.74) is 2.35. The number of amides is 2. The first-order chi connectivity index (χ1) is 12.1. The Hall–Kier alpha value is -3.54. The number of rotatable bonds is 2. The molecule has 0 unspecified atom stereocenters. The van der Waals surface area contributed by atoms with Crippen molar-refractivity contribution in [2.24, 2.45) is 0 Å². The second-order valence-corrected chi connectivity index (χ2v) is 5.70. The van der Waals surface area contributed by atoms with Crippen molar-refractivity contribution in [1.29, 1.82) is 0 Å². The van der Waals surface area contributed by atoms with E-state index in [9.17, 15) is 14.4 Å². The van der Waals surface area contributed by atoms with Gasteiger partial charge in [-0.15, -0.1) is 0 Å². The quantitative estimate of drug-likeness (QED) is 0.674. The van der Waals surface area contributed by atoms with E-state index in [-0.39, 0.29) is 16.7 Å². The van der Waals surface area contributed by atoms with Gasteiger partial charge < -0.3 is 4.84 Å². The van der Waals surface area contributed by atoms with Gasteiger partial charge in [0.15, 0.2) is 0 Å². The Labute approximate surface area is 142 Å². The van der Waals surface area contributed by atoms with Crippen molar-refractivity contribution in [3.8, 4) is 0 Å². The first-order valence-corrected chi connectivity index (χ1v) is 7.62. The molecule has 0 spiro atoms. The number of hydroxylamine groups is 2. The van der Waals surface area contributed by atoms with E-state index in [2.05, 4.69) is 4.98 Å². The van der Waals surface area contributed by atoms with Crippen LogP contribution >= 0.6 is 0 Å². The molecule has 0 bridgehead atoms. The van der Waals surface area contributed by atoms with Crippen molar-refractivity contribution >= 4 is 28.7 Å². The van der Waals surface area contributed by atoms with Gasteiger partial charge in [0.1, 0.15) is 0 Å². The van der Waals surface area contributed by atoms with Crippen molar-refractivity contribution in [2.45, 2.75) is 6.92 Å². The molecule has 4 rings (SSSR count). The molecule has 0 N–H and O–H groups in total. The van der Waals surface area contributed by atoms with Gasteiger partial charge in [0.25, 0.3) is 11.8 Å². The standard InChI is InChI=1S/C19H12N2O4/c1-11-5-4-6-12-9-13(10-20-16(11)12)19(24)25-21-17(22)14-7-2-3-8-15(14)18(21)23/h2-10H,1H3. The molecule has 0 saturated heterocycles. The van der Waals surface area contributed by atoms with Crippen LogP contribution in [0.2, 0.25) is 0 Å². The van der Waals surface area contributed by atoms with Crippen LogP contribution in [0.1, 0.15) is 36.6 Å². The fourth-order valence-electron chi connectivity index (χ4n) is 2.81. The molecule has 2 heterocycles. The van der Waals surface area contributed by atoms with E-state index >= 15 is 0 Å². The Morgan fingerprint density at radius 3 is 2.36 bits per heavy atom. The molecular formula is C19H12N2O4. The highest BCUT2D eigenvalue weighted by Crippen LogP contribution is 2.24. The molecule has 0 atom stereocenters. The minimum absolute atomic E-state index is 0.162. The van der Waals surface area contributed by atoms with Crippen LogP contribution in [0.4, 0.5) is 0 Å². The zero-order valence-corrected chi connectivity index (χ0v) is 13.2. The maximum Gasteiger partial charge on any atom is 0.365 e.